The summed E-state index contributed by atoms with van der Waals surface area (Å²) in [5, 5.41) is 8.43. The van der Waals surface area contributed by atoms with Crippen LogP contribution in [0.5, 0.6) is 5.75 Å². The van der Waals surface area contributed by atoms with Crippen LogP contribution in [-0.4, -0.2) is 30.1 Å². The summed E-state index contributed by atoms with van der Waals surface area (Å²) in [7, 11) is 0. The zero-order valence-electron chi connectivity index (χ0n) is 14.7. The predicted octanol–water partition coefficient (Wildman–Crippen LogP) is 2.96. The maximum atomic E-state index is 12.3. The molecule has 0 bridgehead atoms. The molecule has 0 heterocycles. The van der Waals surface area contributed by atoms with E-state index in [4.69, 9.17) is 17.0 Å². The van der Waals surface area contributed by atoms with Crippen LogP contribution in [0.3, 0.4) is 0 Å². The fourth-order valence-electron chi connectivity index (χ4n) is 2.20. The average molecular weight is 371 g/mol. The van der Waals surface area contributed by atoms with Crippen molar-refractivity contribution in [2.45, 2.75) is 13.8 Å². The third-order valence-electron chi connectivity index (χ3n) is 3.38. The van der Waals surface area contributed by atoms with Crippen LogP contribution in [-0.2, 0) is 0 Å². The number of anilines is 1. The molecule has 0 fully saturated rings. The van der Waals surface area contributed by atoms with Gasteiger partial charge in [0.25, 0.3) is 11.8 Å². The molecule has 0 atom stereocenters. The van der Waals surface area contributed by atoms with Gasteiger partial charge in [0, 0.05) is 23.4 Å². The maximum Gasteiger partial charge on any atom is 0.257 e. The zero-order valence-corrected chi connectivity index (χ0v) is 15.5. The summed E-state index contributed by atoms with van der Waals surface area (Å²) in [6, 6.07) is 13.7. The SMILES string of the molecule is CCNC(=O)c1ccc(NC(=S)NC(=O)c2cccc(OCC)c2)cc1. The minimum Gasteiger partial charge on any atom is -0.494 e. The van der Waals surface area contributed by atoms with Gasteiger partial charge in [-0.15, -0.1) is 0 Å². The standard InChI is InChI=1S/C19H21N3O3S/c1-3-20-17(23)13-8-10-15(11-9-13)21-19(26)22-18(24)14-6-5-7-16(12-14)25-4-2/h5-12H,3-4H2,1-2H3,(H,20,23)(H2,21,22,24,26). The second-order valence-electron chi connectivity index (χ2n) is 5.31. The number of carbonyl (C=O) groups is 2. The van der Waals surface area contributed by atoms with Gasteiger partial charge in [0.1, 0.15) is 5.75 Å². The van der Waals surface area contributed by atoms with Crippen molar-refractivity contribution in [1.29, 1.82) is 0 Å². The number of thiocarbonyl (C=S) groups is 1. The molecule has 0 saturated carbocycles. The summed E-state index contributed by atoms with van der Waals surface area (Å²) >= 11 is 5.17. The summed E-state index contributed by atoms with van der Waals surface area (Å²) < 4.78 is 5.38. The first kappa shape index (κ1) is 19.4. The van der Waals surface area contributed by atoms with Gasteiger partial charge in [-0.3, -0.25) is 14.9 Å². The van der Waals surface area contributed by atoms with Gasteiger partial charge in [-0.1, -0.05) is 6.07 Å². The zero-order chi connectivity index (χ0) is 18.9. The number of hydrogen-bond donors (Lipinski definition) is 3. The van der Waals surface area contributed by atoms with Gasteiger partial charge in [-0.25, -0.2) is 0 Å². The monoisotopic (exact) mass is 371 g/mol. The predicted molar refractivity (Wildman–Crippen MR) is 106 cm³/mol. The van der Waals surface area contributed by atoms with Gasteiger partial charge in [-0.2, -0.15) is 0 Å². The third kappa shape index (κ3) is 5.56. The van der Waals surface area contributed by atoms with Crippen LogP contribution in [0, 0.1) is 0 Å². The molecule has 2 rings (SSSR count). The summed E-state index contributed by atoms with van der Waals surface area (Å²) in [6.45, 7) is 4.83. The van der Waals surface area contributed by atoms with E-state index in [0.717, 1.165) is 0 Å². The van der Waals surface area contributed by atoms with Crippen LogP contribution in [0.4, 0.5) is 5.69 Å². The van der Waals surface area contributed by atoms with Crippen molar-refractivity contribution >= 4 is 34.8 Å². The largest absolute Gasteiger partial charge is 0.494 e. The minimum atomic E-state index is -0.331. The highest BCUT2D eigenvalue weighted by Crippen LogP contribution is 2.13. The number of amides is 2. The van der Waals surface area contributed by atoms with Gasteiger partial charge in [0.15, 0.2) is 5.11 Å². The average Bonchev–Trinajstić information content (AvgIpc) is 2.63. The van der Waals surface area contributed by atoms with Crippen molar-refractivity contribution in [2.24, 2.45) is 0 Å². The van der Waals surface area contributed by atoms with Gasteiger partial charge in [0.2, 0.25) is 0 Å². The van der Waals surface area contributed by atoms with Crippen LogP contribution < -0.4 is 20.7 Å². The molecule has 136 valence electrons. The molecule has 0 aromatic heterocycles. The summed E-state index contributed by atoms with van der Waals surface area (Å²) in [6.07, 6.45) is 0. The van der Waals surface area contributed by atoms with Crippen molar-refractivity contribution in [3.05, 3.63) is 59.7 Å². The topological polar surface area (TPSA) is 79.5 Å². The number of ether oxygens (including phenoxy) is 1. The highest BCUT2D eigenvalue weighted by Gasteiger charge is 2.10. The van der Waals surface area contributed by atoms with Gasteiger partial charge in [-0.05, 0) is 68.5 Å². The Morgan fingerprint density at radius 1 is 1.00 bits per heavy atom. The molecule has 3 N–H and O–H groups in total. The molecule has 0 aliphatic carbocycles. The first-order valence-corrected chi connectivity index (χ1v) is 8.67. The maximum absolute atomic E-state index is 12.3. The number of benzene rings is 2. The first-order chi connectivity index (χ1) is 12.5. The summed E-state index contributed by atoms with van der Waals surface area (Å²) in [5.74, 6) is 0.159. The third-order valence-corrected chi connectivity index (χ3v) is 3.58. The molecule has 0 aliphatic rings. The molecule has 7 heteroatoms. The Morgan fingerprint density at radius 2 is 1.73 bits per heavy atom. The Balaban J connectivity index is 1.94. The van der Waals surface area contributed by atoms with Crippen molar-refractivity contribution < 1.29 is 14.3 Å². The van der Waals surface area contributed by atoms with Crippen LogP contribution in [0.15, 0.2) is 48.5 Å². The van der Waals surface area contributed by atoms with E-state index in [1.807, 2.05) is 13.8 Å². The quantitative estimate of drug-likeness (QED) is 0.681. The van der Waals surface area contributed by atoms with E-state index in [0.29, 0.717) is 35.7 Å². The summed E-state index contributed by atoms with van der Waals surface area (Å²) in [4.78, 5) is 24.0. The molecular formula is C19H21N3O3S. The highest BCUT2D eigenvalue weighted by atomic mass is 32.1. The Hall–Kier alpha value is -2.93. The van der Waals surface area contributed by atoms with Gasteiger partial charge in [0.05, 0.1) is 6.61 Å². The molecule has 2 aromatic rings. The molecule has 0 radical (unpaired) electrons. The van der Waals surface area contributed by atoms with Crippen LogP contribution in [0.2, 0.25) is 0 Å². The molecular weight excluding hydrogens is 350 g/mol. The van der Waals surface area contributed by atoms with Crippen molar-refractivity contribution in [3.63, 3.8) is 0 Å². The van der Waals surface area contributed by atoms with E-state index in [1.165, 1.54) is 0 Å². The number of rotatable bonds is 6. The van der Waals surface area contributed by atoms with E-state index in [2.05, 4.69) is 16.0 Å². The fourth-order valence-corrected chi connectivity index (χ4v) is 2.41. The molecule has 0 aliphatic heterocycles. The second kappa shape index (κ2) is 9.53. The number of nitrogens with one attached hydrogen (secondary N) is 3. The molecule has 0 spiro atoms. The van der Waals surface area contributed by atoms with E-state index in [1.54, 1.807) is 48.5 Å². The summed E-state index contributed by atoms with van der Waals surface area (Å²) in [5.41, 5.74) is 1.68. The molecule has 2 aromatic carbocycles. The smallest absolute Gasteiger partial charge is 0.257 e. The van der Waals surface area contributed by atoms with E-state index < -0.39 is 0 Å². The number of hydrogen-bond acceptors (Lipinski definition) is 4. The Bertz CT molecular complexity index is 791. The van der Waals surface area contributed by atoms with E-state index >= 15 is 0 Å². The molecule has 2 amide bonds. The Kier molecular flexibility index (Phi) is 7.11. The lowest BCUT2D eigenvalue weighted by molar-refractivity contribution is 0.0953. The van der Waals surface area contributed by atoms with Crippen LogP contribution in [0.1, 0.15) is 34.6 Å². The van der Waals surface area contributed by atoms with Crippen LogP contribution in [0.25, 0.3) is 0 Å². The Labute approximate surface area is 157 Å². The normalized spacial score (nSPS) is 9.92. The molecule has 0 saturated heterocycles. The second-order valence-corrected chi connectivity index (χ2v) is 5.71. The molecule has 6 nitrogen and oxygen atoms in total. The van der Waals surface area contributed by atoms with Gasteiger partial charge >= 0.3 is 0 Å². The van der Waals surface area contributed by atoms with Crippen LogP contribution >= 0.6 is 12.2 Å². The Morgan fingerprint density at radius 3 is 2.38 bits per heavy atom. The van der Waals surface area contributed by atoms with Crippen molar-refractivity contribution in [2.75, 3.05) is 18.5 Å². The lowest BCUT2D eigenvalue weighted by Crippen LogP contribution is -2.34. The van der Waals surface area contributed by atoms with Crippen molar-refractivity contribution in [3.8, 4) is 5.75 Å². The van der Waals surface area contributed by atoms with Crippen molar-refractivity contribution in [1.82, 2.24) is 10.6 Å². The molecule has 0 unspecified atom stereocenters. The fraction of sp³-hybridized carbons (Fsp3) is 0.211. The molecule has 26 heavy (non-hydrogen) atoms. The lowest BCUT2D eigenvalue weighted by Gasteiger charge is -2.11. The highest BCUT2D eigenvalue weighted by molar-refractivity contribution is 7.80. The minimum absolute atomic E-state index is 0.135. The first-order valence-electron chi connectivity index (χ1n) is 8.27. The van der Waals surface area contributed by atoms with Gasteiger partial charge < -0.3 is 15.4 Å². The lowest BCUT2D eigenvalue weighted by atomic mass is 10.2. The number of carbonyl (C=O) groups excluding carboxylic acids is 2. The van der Waals surface area contributed by atoms with E-state index in [-0.39, 0.29) is 16.9 Å². The van der Waals surface area contributed by atoms with E-state index in [9.17, 15) is 9.59 Å².